The highest BCUT2D eigenvalue weighted by molar-refractivity contribution is 5.79. The Hall–Kier alpha value is -1.65. The molecule has 0 radical (unpaired) electrons. The van der Waals surface area contributed by atoms with Gasteiger partial charge in [-0.1, -0.05) is 13.3 Å². The van der Waals surface area contributed by atoms with Crippen LogP contribution in [0.1, 0.15) is 32.6 Å². The first-order valence-electron chi connectivity index (χ1n) is 7.49. The van der Waals surface area contributed by atoms with E-state index in [1.165, 1.54) is 0 Å². The lowest BCUT2D eigenvalue weighted by Crippen LogP contribution is -2.44. The Balaban J connectivity index is 1.95. The summed E-state index contributed by atoms with van der Waals surface area (Å²) in [5.74, 6) is 1.08. The summed E-state index contributed by atoms with van der Waals surface area (Å²) in [5, 5.41) is 0. The van der Waals surface area contributed by atoms with Gasteiger partial charge in [0.1, 0.15) is 0 Å². The van der Waals surface area contributed by atoms with Crippen LogP contribution in [0.25, 0.3) is 0 Å². The van der Waals surface area contributed by atoms with Crippen molar-refractivity contribution < 1.29 is 4.79 Å². The minimum absolute atomic E-state index is 0.0782. The quantitative estimate of drug-likeness (QED) is 0.825. The Morgan fingerprint density at radius 3 is 2.90 bits per heavy atom. The van der Waals surface area contributed by atoms with Crippen molar-refractivity contribution in [2.24, 2.45) is 5.92 Å². The molecule has 1 aromatic rings. The Morgan fingerprint density at radius 2 is 2.20 bits per heavy atom. The first-order chi connectivity index (χ1) is 9.72. The maximum Gasteiger partial charge on any atom is 0.227 e. The highest BCUT2D eigenvalue weighted by atomic mass is 16.2. The minimum Gasteiger partial charge on any atom is -0.345 e. The zero-order chi connectivity index (χ0) is 14.4. The van der Waals surface area contributed by atoms with E-state index in [9.17, 15) is 4.79 Å². The zero-order valence-corrected chi connectivity index (χ0v) is 12.5. The second-order valence-corrected chi connectivity index (χ2v) is 5.45. The van der Waals surface area contributed by atoms with Crippen LogP contribution in [0.3, 0.4) is 0 Å². The van der Waals surface area contributed by atoms with E-state index in [0.717, 1.165) is 51.3 Å². The summed E-state index contributed by atoms with van der Waals surface area (Å²) in [6.45, 7) is 4.67. The smallest absolute Gasteiger partial charge is 0.227 e. The highest BCUT2D eigenvalue weighted by Gasteiger charge is 2.28. The Labute approximate surface area is 121 Å². The number of rotatable bonds is 5. The van der Waals surface area contributed by atoms with Gasteiger partial charge in [-0.15, -0.1) is 0 Å². The SMILES string of the molecule is CCCCN(C)C(=O)C1CCCN(c2ncccn2)C1. The fourth-order valence-electron chi connectivity index (χ4n) is 2.63. The van der Waals surface area contributed by atoms with E-state index in [2.05, 4.69) is 21.8 Å². The van der Waals surface area contributed by atoms with Gasteiger partial charge in [-0.25, -0.2) is 9.97 Å². The molecule has 0 spiro atoms. The summed E-state index contributed by atoms with van der Waals surface area (Å²) < 4.78 is 0. The molecule has 0 bridgehead atoms. The van der Waals surface area contributed by atoms with Crippen LogP contribution in [0.15, 0.2) is 18.5 Å². The van der Waals surface area contributed by atoms with Crippen LogP contribution >= 0.6 is 0 Å². The van der Waals surface area contributed by atoms with E-state index in [-0.39, 0.29) is 11.8 Å². The lowest BCUT2D eigenvalue weighted by atomic mass is 9.97. The number of piperidine rings is 1. The first-order valence-corrected chi connectivity index (χ1v) is 7.49. The molecule has 0 aromatic carbocycles. The summed E-state index contributed by atoms with van der Waals surface area (Å²) in [6.07, 6.45) is 7.68. The van der Waals surface area contributed by atoms with Crippen molar-refractivity contribution in [3.05, 3.63) is 18.5 Å². The molecule has 1 unspecified atom stereocenters. The van der Waals surface area contributed by atoms with Crippen molar-refractivity contribution in [1.82, 2.24) is 14.9 Å². The van der Waals surface area contributed by atoms with Gasteiger partial charge in [0.05, 0.1) is 5.92 Å². The topological polar surface area (TPSA) is 49.3 Å². The zero-order valence-electron chi connectivity index (χ0n) is 12.5. The normalized spacial score (nSPS) is 18.9. The van der Waals surface area contributed by atoms with E-state index in [4.69, 9.17) is 0 Å². The standard InChI is InChI=1S/C15H24N4O/c1-3-4-10-18(2)14(20)13-7-5-11-19(12-13)15-16-8-6-9-17-15/h6,8-9,13H,3-5,7,10-12H2,1-2H3. The van der Waals surface area contributed by atoms with Gasteiger partial charge >= 0.3 is 0 Å². The molecule has 1 aromatic heterocycles. The maximum absolute atomic E-state index is 12.4. The molecule has 1 aliphatic heterocycles. The number of aromatic nitrogens is 2. The largest absolute Gasteiger partial charge is 0.345 e. The third-order valence-electron chi connectivity index (χ3n) is 3.83. The predicted octanol–water partition coefficient (Wildman–Crippen LogP) is 1.95. The average molecular weight is 276 g/mol. The van der Waals surface area contributed by atoms with E-state index in [1.54, 1.807) is 12.4 Å². The van der Waals surface area contributed by atoms with Gasteiger partial charge < -0.3 is 9.80 Å². The first kappa shape index (κ1) is 14.8. The van der Waals surface area contributed by atoms with Crippen LogP contribution in [0, 0.1) is 5.92 Å². The number of amides is 1. The maximum atomic E-state index is 12.4. The molecule has 20 heavy (non-hydrogen) atoms. The third kappa shape index (κ3) is 3.68. The van der Waals surface area contributed by atoms with Crippen LogP contribution in [0.2, 0.25) is 0 Å². The molecule has 0 N–H and O–H groups in total. The molecule has 5 heteroatoms. The van der Waals surface area contributed by atoms with Crippen molar-refractivity contribution in [3.8, 4) is 0 Å². The van der Waals surface area contributed by atoms with Crippen molar-refractivity contribution in [2.75, 3.05) is 31.6 Å². The van der Waals surface area contributed by atoms with Gasteiger partial charge in [0, 0.05) is 39.1 Å². The molecule has 1 aliphatic rings. The van der Waals surface area contributed by atoms with Crippen LogP contribution in [-0.2, 0) is 4.79 Å². The summed E-state index contributed by atoms with van der Waals surface area (Å²) >= 11 is 0. The third-order valence-corrected chi connectivity index (χ3v) is 3.83. The molecule has 110 valence electrons. The van der Waals surface area contributed by atoms with E-state index in [1.807, 2.05) is 18.0 Å². The number of anilines is 1. The molecular formula is C15H24N4O. The van der Waals surface area contributed by atoms with Crippen molar-refractivity contribution >= 4 is 11.9 Å². The van der Waals surface area contributed by atoms with Gasteiger partial charge in [0.2, 0.25) is 11.9 Å². The predicted molar refractivity (Wildman–Crippen MR) is 79.5 cm³/mol. The summed E-state index contributed by atoms with van der Waals surface area (Å²) in [6, 6.07) is 1.81. The van der Waals surface area contributed by atoms with Crippen molar-refractivity contribution in [1.29, 1.82) is 0 Å². The summed E-state index contributed by atoms with van der Waals surface area (Å²) in [4.78, 5) is 25.0. The van der Waals surface area contributed by atoms with Gasteiger partial charge in [-0.05, 0) is 25.3 Å². The molecule has 0 saturated carbocycles. The molecule has 1 saturated heterocycles. The fourth-order valence-corrected chi connectivity index (χ4v) is 2.63. The molecular weight excluding hydrogens is 252 g/mol. The molecule has 2 rings (SSSR count). The van der Waals surface area contributed by atoms with Crippen LogP contribution in [0.5, 0.6) is 0 Å². The molecule has 0 aliphatic carbocycles. The average Bonchev–Trinajstić information content (AvgIpc) is 2.53. The van der Waals surface area contributed by atoms with Crippen LogP contribution in [-0.4, -0.2) is 47.5 Å². The molecule has 1 amide bonds. The van der Waals surface area contributed by atoms with Crippen LogP contribution < -0.4 is 4.90 Å². The van der Waals surface area contributed by atoms with Crippen molar-refractivity contribution in [3.63, 3.8) is 0 Å². The lowest BCUT2D eigenvalue weighted by molar-refractivity contribution is -0.134. The number of hydrogen-bond donors (Lipinski definition) is 0. The summed E-state index contributed by atoms with van der Waals surface area (Å²) in [7, 11) is 1.91. The second kappa shape index (κ2) is 7.22. The number of hydrogen-bond acceptors (Lipinski definition) is 4. The van der Waals surface area contributed by atoms with Gasteiger partial charge in [0.15, 0.2) is 0 Å². The monoisotopic (exact) mass is 276 g/mol. The fraction of sp³-hybridized carbons (Fsp3) is 0.667. The van der Waals surface area contributed by atoms with E-state index >= 15 is 0 Å². The summed E-state index contributed by atoms with van der Waals surface area (Å²) in [5.41, 5.74) is 0. The van der Waals surface area contributed by atoms with E-state index < -0.39 is 0 Å². The number of carbonyl (C=O) groups excluding carboxylic acids is 1. The molecule has 1 atom stereocenters. The molecule has 2 heterocycles. The lowest BCUT2D eigenvalue weighted by Gasteiger charge is -2.33. The van der Waals surface area contributed by atoms with E-state index in [0.29, 0.717) is 0 Å². The van der Waals surface area contributed by atoms with Gasteiger partial charge in [-0.3, -0.25) is 4.79 Å². The number of nitrogens with zero attached hydrogens (tertiary/aromatic N) is 4. The second-order valence-electron chi connectivity index (χ2n) is 5.45. The highest BCUT2D eigenvalue weighted by Crippen LogP contribution is 2.21. The van der Waals surface area contributed by atoms with Crippen LogP contribution in [0.4, 0.5) is 5.95 Å². The molecule has 1 fully saturated rings. The van der Waals surface area contributed by atoms with Crippen molar-refractivity contribution in [2.45, 2.75) is 32.6 Å². The van der Waals surface area contributed by atoms with Gasteiger partial charge in [-0.2, -0.15) is 0 Å². The number of unbranched alkanes of at least 4 members (excludes halogenated alkanes) is 1. The Bertz CT molecular complexity index is 423. The van der Waals surface area contributed by atoms with Gasteiger partial charge in [0.25, 0.3) is 0 Å². The molecule has 5 nitrogen and oxygen atoms in total. The Morgan fingerprint density at radius 1 is 1.45 bits per heavy atom. The Kier molecular flexibility index (Phi) is 5.32. The minimum atomic E-state index is 0.0782. The number of carbonyl (C=O) groups is 1.